The Morgan fingerprint density at radius 3 is 2.42 bits per heavy atom. The molecule has 0 aromatic heterocycles. The van der Waals surface area contributed by atoms with Crippen LogP contribution < -0.4 is 15.4 Å². The average molecular weight is 552 g/mol. The molecule has 0 saturated heterocycles. The summed E-state index contributed by atoms with van der Waals surface area (Å²) in [6.45, 7) is 5.21. The predicted octanol–water partition coefficient (Wildman–Crippen LogP) is 4.93. The molecule has 0 aliphatic carbocycles. The van der Waals surface area contributed by atoms with Crippen LogP contribution in [0.1, 0.15) is 49.5 Å². The molecule has 0 spiro atoms. The zero-order valence-electron chi connectivity index (χ0n) is 21.2. The molecule has 0 bridgehead atoms. The van der Waals surface area contributed by atoms with Gasteiger partial charge in [-0.15, -0.1) is 0 Å². The number of carboxylic acids is 1. The highest BCUT2D eigenvalue weighted by Crippen LogP contribution is 2.35. The normalized spacial score (nSPS) is 11.7. The number of carbonyl (C=O) groups excluding carboxylic acids is 2. The van der Waals surface area contributed by atoms with E-state index in [9.17, 15) is 29.6 Å². The maximum Gasteiger partial charge on any atom is 0.407 e. The summed E-state index contributed by atoms with van der Waals surface area (Å²) < 4.78 is 16.0. The van der Waals surface area contributed by atoms with Crippen molar-refractivity contribution in [2.45, 2.75) is 51.9 Å². The molecule has 2 rings (SSSR count). The van der Waals surface area contributed by atoms with Gasteiger partial charge in [0.1, 0.15) is 24.6 Å². The van der Waals surface area contributed by atoms with Crippen LogP contribution in [-0.2, 0) is 16.1 Å². The molecule has 0 heterocycles. The third kappa shape index (κ3) is 10.5. The van der Waals surface area contributed by atoms with Crippen molar-refractivity contribution in [1.29, 1.82) is 0 Å². The van der Waals surface area contributed by atoms with Crippen molar-refractivity contribution in [3.63, 3.8) is 0 Å². The van der Waals surface area contributed by atoms with E-state index in [1.165, 1.54) is 0 Å². The van der Waals surface area contributed by atoms with E-state index in [1.54, 1.807) is 20.8 Å². The Kier molecular flexibility index (Phi) is 11.1. The zero-order valence-corrected chi connectivity index (χ0v) is 21.9. The number of nitrogens with zero attached hydrogens (tertiary/aromatic N) is 1. The molecule has 0 unspecified atom stereocenters. The minimum Gasteiger partial charge on any atom is -0.490 e. The third-order valence-electron chi connectivity index (χ3n) is 4.84. The summed E-state index contributed by atoms with van der Waals surface area (Å²) in [7, 11) is 0. The fourth-order valence-corrected chi connectivity index (χ4v) is 3.35. The van der Waals surface area contributed by atoms with Crippen LogP contribution in [0.5, 0.6) is 5.75 Å². The second kappa shape index (κ2) is 14.0. The van der Waals surface area contributed by atoms with Gasteiger partial charge in [0.05, 0.1) is 16.5 Å². The van der Waals surface area contributed by atoms with Gasteiger partial charge in [-0.05, 0) is 45.2 Å². The number of hydrogen-bond acceptors (Lipinski definition) is 8. The van der Waals surface area contributed by atoms with Crippen molar-refractivity contribution in [1.82, 2.24) is 10.6 Å². The van der Waals surface area contributed by atoms with Gasteiger partial charge in [0, 0.05) is 12.6 Å². The summed E-state index contributed by atoms with van der Waals surface area (Å²) in [5, 5.41) is 25.4. The SMILES string of the molecule is CC(C)(C)OC(=O)N[C@@H](CCCNC(=O)OCc1ccccc1)COc1cc(C(=O)O)cc([N+](=O)[O-])c1Cl. The van der Waals surface area contributed by atoms with E-state index in [1.807, 2.05) is 30.3 Å². The van der Waals surface area contributed by atoms with Crippen LogP contribution in [0.25, 0.3) is 0 Å². The second-order valence-electron chi connectivity index (χ2n) is 9.15. The Morgan fingerprint density at radius 2 is 1.82 bits per heavy atom. The topological polar surface area (TPSA) is 166 Å². The predicted molar refractivity (Wildman–Crippen MR) is 138 cm³/mol. The van der Waals surface area contributed by atoms with Crippen molar-refractivity contribution in [3.05, 3.63) is 68.7 Å². The highest BCUT2D eigenvalue weighted by Gasteiger charge is 2.24. The molecule has 2 amide bonds. The maximum atomic E-state index is 12.3. The molecule has 0 saturated carbocycles. The van der Waals surface area contributed by atoms with Gasteiger partial charge in [0.15, 0.2) is 5.02 Å². The van der Waals surface area contributed by atoms with E-state index in [0.717, 1.165) is 17.7 Å². The van der Waals surface area contributed by atoms with Crippen LogP contribution in [-0.4, -0.2) is 53.0 Å². The highest BCUT2D eigenvalue weighted by molar-refractivity contribution is 6.34. The second-order valence-corrected chi connectivity index (χ2v) is 9.53. The molecule has 12 nitrogen and oxygen atoms in total. The van der Waals surface area contributed by atoms with Crippen molar-refractivity contribution in [3.8, 4) is 5.75 Å². The Bertz CT molecular complexity index is 1140. The first-order valence-electron chi connectivity index (χ1n) is 11.6. The number of carbonyl (C=O) groups is 3. The first-order chi connectivity index (χ1) is 17.9. The number of alkyl carbamates (subject to hydrolysis) is 2. The molecule has 1 atom stereocenters. The number of benzene rings is 2. The molecule has 2 aromatic carbocycles. The van der Waals surface area contributed by atoms with Crippen LogP contribution in [0.3, 0.4) is 0 Å². The maximum absolute atomic E-state index is 12.3. The highest BCUT2D eigenvalue weighted by atomic mass is 35.5. The molecule has 0 aliphatic rings. The monoisotopic (exact) mass is 551 g/mol. The molecule has 38 heavy (non-hydrogen) atoms. The van der Waals surface area contributed by atoms with Crippen molar-refractivity contribution >= 4 is 35.4 Å². The average Bonchev–Trinajstić information content (AvgIpc) is 2.83. The largest absolute Gasteiger partial charge is 0.490 e. The minimum atomic E-state index is -1.40. The first kappa shape index (κ1) is 30.2. The molecule has 2 aromatic rings. The lowest BCUT2D eigenvalue weighted by atomic mass is 10.1. The van der Waals surface area contributed by atoms with Crippen LogP contribution in [0.2, 0.25) is 5.02 Å². The summed E-state index contributed by atoms with van der Waals surface area (Å²) in [6, 6.07) is 10.4. The standard InChI is InChI=1S/C25H30ClN3O9/c1-25(2,3)38-24(33)28-18(10-7-11-27-23(32)37-14-16-8-5-4-6-9-16)15-36-20-13-17(22(30)31)12-19(21(20)26)29(34)35/h4-6,8-9,12-13,18H,7,10-11,14-15H2,1-3H3,(H,27,32)(H,28,33)(H,30,31)/t18-/m0/s1. The Labute approximate surface area is 224 Å². The number of halogens is 1. The Balaban J connectivity index is 2.00. The first-order valence-corrected chi connectivity index (χ1v) is 12.0. The lowest BCUT2D eigenvalue weighted by molar-refractivity contribution is -0.384. The van der Waals surface area contributed by atoms with E-state index < -0.39 is 40.4 Å². The number of nitro groups is 1. The van der Waals surface area contributed by atoms with Gasteiger partial charge in [-0.1, -0.05) is 41.9 Å². The molecule has 0 aliphatic heterocycles. The zero-order chi connectivity index (χ0) is 28.3. The number of rotatable bonds is 12. The van der Waals surface area contributed by atoms with Crippen molar-refractivity contribution < 1.29 is 38.6 Å². The molecule has 0 radical (unpaired) electrons. The van der Waals surface area contributed by atoms with Gasteiger partial charge in [-0.2, -0.15) is 0 Å². The smallest absolute Gasteiger partial charge is 0.407 e. The van der Waals surface area contributed by atoms with Gasteiger partial charge in [0.2, 0.25) is 0 Å². The summed E-state index contributed by atoms with van der Waals surface area (Å²) in [4.78, 5) is 46.1. The molecular formula is C25H30ClN3O9. The Hall–Kier alpha value is -4.06. The van der Waals surface area contributed by atoms with Crippen LogP contribution >= 0.6 is 11.6 Å². The molecule has 3 N–H and O–H groups in total. The van der Waals surface area contributed by atoms with Gasteiger partial charge >= 0.3 is 18.2 Å². The fraction of sp³-hybridized carbons (Fsp3) is 0.400. The number of amides is 2. The number of hydrogen-bond donors (Lipinski definition) is 3. The number of nitrogens with one attached hydrogen (secondary N) is 2. The molecule has 206 valence electrons. The van der Waals surface area contributed by atoms with E-state index in [0.29, 0.717) is 12.8 Å². The summed E-state index contributed by atoms with van der Waals surface area (Å²) >= 11 is 6.06. The number of nitro benzene ring substituents is 1. The quantitative estimate of drug-likeness (QED) is 0.188. The van der Waals surface area contributed by atoms with Crippen LogP contribution in [0.4, 0.5) is 15.3 Å². The van der Waals surface area contributed by atoms with Crippen LogP contribution in [0, 0.1) is 10.1 Å². The van der Waals surface area contributed by atoms with Gasteiger partial charge in [-0.25, -0.2) is 14.4 Å². The minimum absolute atomic E-state index is 0.117. The van der Waals surface area contributed by atoms with E-state index in [-0.39, 0.29) is 36.1 Å². The summed E-state index contributed by atoms with van der Waals surface area (Å²) in [5.74, 6) is -1.62. The summed E-state index contributed by atoms with van der Waals surface area (Å²) in [5.41, 5.74) is -0.936. The van der Waals surface area contributed by atoms with Gasteiger partial charge in [-0.3, -0.25) is 10.1 Å². The third-order valence-corrected chi connectivity index (χ3v) is 5.22. The molecule has 13 heteroatoms. The lowest BCUT2D eigenvalue weighted by Crippen LogP contribution is -2.42. The Morgan fingerprint density at radius 1 is 1.13 bits per heavy atom. The van der Waals surface area contributed by atoms with E-state index in [4.69, 9.17) is 25.8 Å². The number of carboxylic acid groups (broad SMARTS) is 1. The van der Waals surface area contributed by atoms with Crippen LogP contribution in [0.15, 0.2) is 42.5 Å². The van der Waals surface area contributed by atoms with Gasteiger partial charge < -0.3 is 30.0 Å². The van der Waals surface area contributed by atoms with E-state index >= 15 is 0 Å². The fourth-order valence-electron chi connectivity index (χ4n) is 3.12. The van der Waals surface area contributed by atoms with Crippen molar-refractivity contribution in [2.75, 3.05) is 13.2 Å². The number of aromatic carboxylic acids is 1. The number of ether oxygens (including phenoxy) is 3. The van der Waals surface area contributed by atoms with Gasteiger partial charge in [0.25, 0.3) is 5.69 Å². The lowest BCUT2D eigenvalue weighted by Gasteiger charge is -2.24. The van der Waals surface area contributed by atoms with Crippen molar-refractivity contribution in [2.24, 2.45) is 0 Å². The molecule has 0 fully saturated rings. The summed E-state index contributed by atoms with van der Waals surface area (Å²) in [6.07, 6.45) is -0.631. The molecular weight excluding hydrogens is 522 g/mol. The van der Waals surface area contributed by atoms with E-state index in [2.05, 4.69) is 10.6 Å².